The van der Waals surface area contributed by atoms with Gasteiger partial charge in [0.05, 0.1) is 0 Å². The Morgan fingerprint density at radius 2 is 0.475 bits per heavy atom. The molecule has 0 fully saturated rings. The first kappa shape index (κ1) is 45.2. The van der Waals surface area contributed by atoms with E-state index in [1.54, 1.807) is 0 Å². The number of hydrogen-bond acceptors (Lipinski definition) is 6. The van der Waals surface area contributed by atoms with Crippen LogP contribution in [0.15, 0.2) is 35.5 Å². The normalized spacial score (nSPS) is 14.1. The molecule has 233 valence electrons. The molecule has 0 aliphatic rings. The van der Waals surface area contributed by atoms with Crippen molar-refractivity contribution in [1.29, 1.82) is 0 Å². The van der Waals surface area contributed by atoms with Crippen LogP contribution in [-0.2, 0) is 33.9 Å². The molecule has 40 heavy (non-hydrogen) atoms. The zero-order valence-electron chi connectivity index (χ0n) is 28.5. The number of carbonyl (C=O) groups is 3. The van der Waals surface area contributed by atoms with Crippen LogP contribution < -0.4 is 15.3 Å². The van der Waals surface area contributed by atoms with Gasteiger partial charge in [-0.1, -0.05) is 125 Å². The average molecular weight is 651 g/mol. The third-order valence-electron chi connectivity index (χ3n) is 5.22. The molecule has 0 saturated heterocycles. The molecule has 1 radical (unpaired) electrons. The third kappa shape index (κ3) is 21.1. The van der Waals surface area contributed by atoms with Crippen molar-refractivity contribution < 1.29 is 49.2 Å². The third-order valence-corrected chi connectivity index (χ3v) is 5.22. The molecule has 0 aromatic heterocycles. The van der Waals surface area contributed by atoms with Gasteiger partial charge in [0.1, 0.15) is 0 Å². The zero-order chi connectivity index (χ0) is 32.6. The fourth-order valence-corrected chi connectivity index (χ4v) is 1.66. The number of allylic oxidation sites excluding steroid dienone is 6. The number of rotatable bonds is 3. The molecule has 0 unspecified atom stereocenters. The maximum atomic E-state index is 11.4. The van der Waals surface area contributed by atoms with Gasteiger partial charge in [0.2, 0.25) is 0 Å². The van der Waals surface area contributed by atoms with Gasteiger partial charge in [-0.3, -0.25) is 14.4 Å². The van der Waals surface area contributed by atoms with Gasteiger partial charge < -0.3 is 15.3 Å². The summed E-state index contributed by atoms with van der Waals surface area (Å²) in [5.74, 6) is -0.625. The van der Waals surface area contributed by atoms with Crippen molar-refractivity contribution in [2.24, 2.45) is 32.5 Å². The molecular weight excluding hydrogens is 593 g/mol. The van der Waals surface area contributed by atoms with Crippen molar-refractivity contribution in [2.75, 3.05) is 0 Å². The number of ketones is 3. The monoisotopic (exact) mass is 651 g/mol. The first-order valence-corrected chi connectivity index (χ1v) is 13.5. The maximum absolute atomic E-state index is 11.4. The SMILES string of the molecule is CC(C)(C)C(=O)/C=C(\[O-])C(C)(C)C.CC(C)(C)C(=O)/C=C(\[O-])C(C)(C)C.CC(C)(C)C(=O)/C=C(\[O-])C(C)(C)C.[Ru+3]. The van der Waals surface area contributed by atoms with E-state index in [0.29, 0.717) is 0 Å². The van der Waals surface area contributed by atoms with E-state index in [-0.39, 0.29) is 54.1 Å². The topological polar surface area (TPSA) is 120 Å². The molecule has 0 aromatic rings. The van der Waals surface area contributed by atoms with Crippen molar-refractivity contribution in [3.05, 3.63) is 35.5 Å². The summed E-state index contributed by atoms with van der Waals surface area (Å²) in [6.07, 6.45) is 3.67. The average Bonchev–Trinajstić information content (AvgIpc) is 2.64. The first-order chi connectivity index (χ1) is 16.6. The van der Waals surface area contributed by atoms with E-state index >= 15 is 0 Å². The summed E-state index contributed by atoms with van der Waals surface area (Å²) in [5, 5.41) is 34.3. The molecule has 0 heterocycles. The van der Waals surface area contributed by atoms with E-state index in [4.69, 9.17) is 0 Å². The summed E-state index contributed by atoms with van der Waals surface area (Å²) in [6.45, 7) is 32.5. The molecule has 0 N–H and O–H groups in total. The van der Waals surface area contributed by atoms with E-state index in [2.05, 4.69) is 0 Å². The van der Waals surface area contributed by atoms with E-state index in [0.717, 1.165) is 0 Å². The quantitative estimate of drug-likeness (QED) is 0.220. The Bertz CT molecular complexity index is 801. The summed E-state index contributed by atoms with van der Waals surface area (Å²) in [4.78, 5) is 34.3. The van der Waals surface area contributed by atoms with Crippen molar-refractivity contribution in [3.63, 3.8) is 0 Å². The molecule has 0 spiro atoms. The van der Waals surface area contributed by atoms with Gasteiger partial charge in [-0.25, -0.2) is 0 Å². The molecule has 0 atom stereocenters. The van der Waals surface area contributed by atoms with Crippen LogP contribution in [0.1, 0.15) is 125 Å². The summed E-state index contributed by atoms with van der Waals surface area (Å²) < 4.78 is 0. The molecular formula is C33H57O6Ru. The van der Waals surface area contributed by atoms with E-state index < -0.39 is 32.5 Å². The summed E-state index contributed by atoms with van der Waals surface area (Å²) in [6, 6.07) is 0. The minimum absolute atomic E-state index is 0. The van der Waals surface area contributed by atoms with E-state index in [1.807, 2.05) is 125 Å². The predicted octanol–water partition coefficient (Wildman–Crippen LogP) is 5.67. The summed E-state index contributed by atoms with van der Waals surface area (Å²) in [7, 11) is 0. The van der Waals surface area contributed by atoms with Gasteiger partial charge >= 0.3 is 19.5 Å². The van der Waals surface area contributed by atoms with Crippen molar-refractivity contribution in [3.8, 4) is 0 Å². The maximum Gasteiger partial charge on any atom is 3.00 e. The second kappa shape index (κ2) is 16.0. The smallest absolute Gasteiger partial charge is 0.875 e. The van der Waals surface area contributed by atoms with Crippen molar-refractivity contribution >= 4 is 17.3 Å². The molecule has 0 aromatic carbocycles. The Balaban J connectivity index is -0.000000240. The fraction of sp³-hybridized carbons (Fsp3) is 0.727. The Kier molecular flexibility index (Phi) is 18.1. The van der Waals surface area contributed by atoms with Gasteiger partial charge in [-0.15, -0.1) is 17.3 Å². The van der Waals surface area contributed by atoms with Crippen LogP contribution in [-0.4, -0.2) is 17.3 Å². The fourth-order valence-electron chi connectivity index (χ4n) is 1.66. The second-order valence-corrected chi connectivity index (χ2v) is 16.1. The largest absolute Gasteiger partial charge is 3.00 e. The van der Waals surface area contributed by atoms with Gasteiger partial charge in [-0.2, -0.15) is 0 Å². The van der Waals surface area contributed by atoms with Gasteiger partial charge in [0, 0.05) is 16.2 Å². The minimum atomic E-state index is -0.457. The van der Waals surface area contributed by atoms with Crippen LogP contribution in [0.2, 0.25) is 0 Å². The molecule has 0 rings (SSSR count). The molecule has 0 aliphatic carbocycles. The predicted molar refractivity (Wildman–Crippen MR) is 156 cm³/mol. The second-order valence-electron chi connectivity index (χ2n) is 16.1. The molecule has 7 heteroatoms. The van der Waals surface area contributed by atoms with E-state index in [9.17, 15) is 29.7 Å². The van der Waals surface area contributed by atoms with E-state index in [1.165, 1.54) is 18.2 Å². The van der Waals surface area contributed by atoms with Crippen LogP contribution >= 0.6 is 0 Å². The van der Waals surface area contributed by atoms with Gasteiger partial charge in [0.15, 0.2) is 17.3 Å². The van der Waals surface area contributed by atoms with Crippen molar-refractivity contribution in [2.45, 2.75) is 125 Å². The van der Waals surface area contributed by atoms with Crippen molar-refractivity contribution in [1.82, 2.24) is 0 Å². The van der Waals surface area contributed by atoms with Gasteiger partial charge in [0.25, 0.3) is 0 Å². The summed E-state index contributed by atoms with van der Waals surface area (Å²) in [5.41, 5.74) is -2.74. The van der Waals surface area contributed by atoms with Gasteiger partial charge in [-0.05, 0) is 34.5 Å². The Morgan fingerprint density at radius 3 is 0.550 bits per heavy atom. The Labute approximate surface area is 258 Å². The molecule has 0 amide bonds. The van der Waals surface area contributed by atoms with Crippen LogP contribution in [0.25, 0.3) is 0 Å². The van der Waals surface area contributed by atoms with Crippen LogP contribution in [0.5, 0.6) is 0 Å². The summed E-state index contributed by atoms with van der Waals surface area (Å²) >= 11 is 0. The van der Waals surface area contributed by atoms with Crippen LogP contribution in [0.3, 0.4) is 0 Å². The Morgan fingerprint density at radius 1 is 0.350 bits per heavy atom. The Hall–Kier alpha value is -1.75. The molecule has 0 aliphatic heterocycles. The standard InChI is InChI=1S/3C11H20O2.Ru/c3*1-10(2,3)8(12)7-9(13)11(4,5)6;/h3*7,12H,1-6H3;/q;;;+3/p-3/b3*8-7-;. The van der Waals surface area contributed by atoms with Crippen LogP contribution in [0.4, 0.5) is 0 Å². The molecule has 0 bridgehead atoms. The first-order valence-electron chi connectivity index (χ1n) is 13.5. The molecule has 6 nitrogen and oxygen atoms in total. The minimum Gasteiger partial charge on any atom is -0.875 e. The zero-order valence-corrected chi connectivity index (χ0v) is 30.3. The molecule has 0 saturated carbocycles. The number of hydrogen-bond donors (Lipinski definition) is 0. The van der Waals surface area contributed by atoms with Crippen LogP contribution in [0, 0.1) is 32.5 Å². The number of carbonyl (C=O) groups excluding carboxylic acids is 3.